The fraction of sp³-hybridized carbons (Fsp3) is 0.647. The second-order valence-corrected chi connectivity index (χ2v) is 5.55. The van der Waals surface area contributed by atoms with E-state index < -0.39 is 0 Å². The molecule has 0 radical (unpaired) electrons. The molecule has 112 valence electrons. The fourth-order valence-electron chi connectivity index (χ4n) is 2.81. The summed E-state index contributed by atoms with van der Waals surface area (Å²) >= 11 is 0. The smallest absolute Gasteiger partial charge is 0.124 e. The largest absolute Gasteiger partial charge is 0.496 e. The summed E-state index contributed by atoms with van der Waals surface area (Å²) in [7, 11) is 1.71. The highest BCUT2D eigenvalue weighted by molar-refractivity contribution is 5.32. The molecule has 0 atom stereocenters. The van der Waals surface area contributed by atoms with Crippen LogP contribution < -0.4 is 10.1 Å². The van der Waals surface area contributed by atoms with E-state index in [0.717, 1.165) is 30.7 Å². The Bertz CT molecular complexity index is 386. The predicted octanol–water partition coefficient (Wildman–Crippen LogP) is 3.52. The summed E-state index contributed by atoms with van der Waals surface area (Å²) in [5.74, 6) is 0.922. The molecular formula is C17H27NO2. The Hall–Kier alpha value is -1.06. The van der Waals surface area contributed by atoms with Crippen LogP contribution in [0.3, 0.4) is 0 Å². The van der Waals surface area contributed by atoms with E-state index >= 15 is 0 Å². The summed E-state index contributed by atoms with van der Waals surface area (Å²) in [5, 5.41) is 3.61. The van der Waals surface area contributed by atoms with Crippen molar-refractivity contribution in [3.63, 3.8) is 0 Å². The molecule has 0 spiro atoms. The van der Waals surface area contributed by atoms with Gasteiger partial charge < -0.3 is 14.8 Å². The summed E-state index contributed by atoms with van der Waals surface area (Å²) in [6.45, 7) is 4.01. The number of ether oxygens (including phenoxy) is 2. The van der Waals surface area contributed by atoms with Gasteiger partial charge in [-0.15, -0.1) is 0 Å². The molecule has 1 aromatic carbocycles. The third-order valence-corrected chi connectivity index (χ3v) is 4.02. The van der Waals surface area contributed by atoms with Gasteiger partial charge >= 0.3 is 0 Å². The molecule has 0 unspecified atom stereocenters. The Morgan fingerprint density at radius 3 is 2.60 bits per heavy atom. The lowest BCUT2D eigenvalue weighted by atomic mass is 9.93. The molecule has 1 aromatic rings. The van der Waals surface area contributed by atoms with Crippen molar-refractivity contribution in [1.82, 2.24) is 5.32 Å². The van der Waals surface area contributed by atoms with E-state index in [9.17, 15) is 0 Å². The molecular weight excluding hydrogens is 250 g/mol. The van der Waals surface area contributed by atoms with Gasteiger partial charge in [0.05, 0.1) is 19.8 Å². The first-order valence-corrected chi connectivity index (χ1v) is 7.80. The van der Waals surface area contributed by atoms with Gasteiger partial charge in [-0.2, -0.15) is 0 Å². The van der Waals surface area contributed by atoms with Gasteiger partial charge in [0.25, 0.3) is 0 Å². The maximum absolute atomic E-state index is 6.06. The molecule has 1 aliphatic rings. The summed E-state index contributed by atoms with van der Waals surface area (Å²) in [6, 6.07) is 8.79. The lowest BCUT2D eigenvalue weighted by Crippen LogP contribution is -2.35. The topological polar surface area (TPSA) is 30.5 Å². The SMILES string of the molecule is CCCNC1CCC(OCc2ccccc2OC)CC1. The van der Waals surface area contributed by atoms with Crippen LogP contribution in [-0.2, 0) is 11.3 Å². The monoisotopic (exact) mass is 277 g/mol. The minimum absolute atomic E-state index is 0.402. The summed E-state index contributed by atoms with van der Waals surface area (Å²) in [6.07, 6.45) is 6.41. The molecule has 1 saturated carbocycles. The van der Waals surface area contributed by atoms with Crippen LogP contribution in [0.2, 0.25) is 0 Å². The third kappa shape index (κ3) is 4.50. The number of para-hydroxylation sites is 1. The lowest BCUT2D eigenvalue weighted by Gasteiger charge is -2.29. The van der Waals surface area contributed by atoms with Crippen LogP contribution in [0.25, 0.3) is 0 Å². The summed E-state index contributed by atoms with van der Waals surface area (Å²) < 4.78 is 11.4. The van der Waals surface area contributed by atoms with Gasteiger partial charge in [-0.25, -0.2) is 0 Å². The van der Waals surface area contributed by atoms with Crippen LogP contribution in [0.4, 0.5) is 0 Å². The van der Waals surface area contributed by atoms with E-state index in [0.29, 0.717) is 18.8 Å². The first-order valence-electron chi connectivity index (χ1n) is 7.80. The number of hydrogen-bond acceptors (Lipinski definition) is 3. The maximum Gasteiger partial charge on any atom is 0.124 e. The average Bonchev–Trinajstić information content (AvgIpc) is 2.52. The van der Waals surface area contributed by atoms with Gasteiger partial charge in [-0.3, -0.25) is 0 Å². The minimum atomic E-state index is 0.402. The van der Waals surface area contributed by atoms with Crippen LogP contribution in [0.1, 0.15) is 44.6 Å². The molecule has 0 amide bonds. The Balaban J connectivity index is 1.73. The zero-order valence-electron chi connectivity index (χ0n) is 12.7. The van der Waals surface area contributed by atoms with E-state index in [1.54, 1.807) is 7.11 Å². The molecule has 1 N–H and O–H groups in total. The molecule has 0 saturated heterocycles. The summed E-state index contributed by atoms with van der Waals surface area (Å²) in [4.78, 5) is 0. The van der Waals surface area contributed by atoms with Crippen LogP contribution in [0.15, 0.2) is 24.3 Å². The van der Waals surface area contributed by atoms with E-state index in [4.69, 9.17) is 9.47 Å². The number of nitrogens with one attached hydrogen (secondary N) is 1. The molecule has 1 fully saturated rings. The molecule has 0 aliphatic heterocycles. The highest BCUT2D eigenvalue weighted by atomic mass is 16.5. The van der Waals surface area contributed by atoms with Crippen molar-refractivity contribution in [2.75, 3.05) is 13.7 Å². The van der Waals surface area contributed by atoms with Gasteiger partial charge in [0, 0.05) is 11.6 Å². The number of methoxy groups -OCH3 is 1. The molecule has 0 bridgehead atoms. The average molecular weight is 277 g/mol. The van der Waals surface area contributed by atoms with Gasteiger partial charge in [0.15, 0.2) is 0 Å². The van der Waals surface area contributed by atoms with Gasteiger partial charge in [-0.1, -0.05) is 25.1 Å². The predicted molar refractivity (Wildman–Crippen MR) is 82.1 cm³/mol. The zero-order valence-corrected chi connectivity index (χ0v) is 12.7. The molecule has 0 aromatic heterocycles. The summed E-state index contributed by atoms with van der Waals surface area (Å²) in [5.41, 5.74) is 1.14. The molecule has 3 heteroatoms. The molecule has 0 heterocycles. The minimum Gasteiger partial charge on any atom is -0.496 e. The highest BCUT2D eigenvalue weighted by Crippen LogP contribution is 2.24. The third-order valence-electron chi connectivity index (χ3n) is 4.02. The van der Waals surface area contributed by atoms with Crippen molar-refractivity contribution in [2.24, 2.45) is 0 Å². The number of hydrogen-bond donors (Lipinski definition) is 1. The van der Waals surface area contributed by atoms with Crippen molar-refractivity contribution >= 4 is 0 Å². The maximum atomic E-state index is 6.06. The Morgan fingerprint density at radius 1 is 1.15 bits per heavy atom. The van der Waals surface area contributed by atoms with Crippen molar-refractivity contribution < 1.29 is 9.47 Å². The number of benzene rings is 1. The van der Waals surface area contributed by atoms with Crippen molar-refractivity contribution in [3.05, 3.63) is 29.8 Å². The van der Waals surface area contributed by atoms with Crippen molar-refractivity contribution in [3.8, 4) is 5.75 Å². The fourth-order valence-corrected chi connectivity index (χ4v) is 2.81. The Kier molecular flexibility index (Phi) is 6.34. The second-order valence-electron chi connectivity index (χ2n) is 5.55. The zero-order chi connectivity index (χ0) is 14.2. The van der Waals surface area contributed by atoms with Crippen LogP contribution >= 0.6 is 0 Å². The van der Waals surface area contributed by atoms with Crippen molar-refractivity contribution in [1.29, 1.82) is 0 Å². The second kappa shape index (κ2) is 8.28. The van der Waals surface area contributed by atoms with Crippen LogP contribution in [0, 0.1) is 0 Å². The first-order chi connectivity index (χ1) is 9.83. The van der Waals surface area contributed by atoms with Gasteiger partial charge in [-0.05, 0) is 44.7 Å². The number of rotatable bonds is 7. The van der Waals surface area contributed by atoms with Crippen LogP contribution in [0.5, 0.6) is 5.75 Å². The Morgan fingerprint density at radius 2 is 1.90 bits per heavy atom. The molecule has 1 aliphatic carbocycles. The first kappa shape index (κ1) is 15.3. The molecule has 3 nitrogen and oxygen atoms in total. The van der Waals surface area contributed by atoms with Gasteiger partial charge in [0.1, 0.15) is 5.75 Å². The normalized spacial score (nSPS) is 22.7. The van der Waals surface area contributed by atoms with E-state index in [-0.39, 0.29) is 0 Å². The quantitative estimate of drug-likeness (QED) is 0.827. The van der Waals surface area contributed by atoms with Crippen molar-refractivity contribution in [2.45, 2.75) is 57.8 Å². The van der Waals surface area contributed by atoms with Gasteiger partial charge in [0.2, 0.25) is 0 Å². The van der Waals surface area contributed by atoms with Crippen LogP contribution in [-0.4, -0.2) is 25.8 Å². The lowest BCUT2D eigenvalue weighted by molar-refractivity contribution is 0.0106. The van der Waals surface area contributed by atoms with E-state index in [1.165, 1.54) is 19.3 Å². The Labute approximate surface area is 122 Å². The molecule has 20 heavy (non-hydrogen) atoms. The standard InChI is InChI=1S/C17H27NO2/c1-3-12-18-15-8-10-16(11-9-15)20-13-14-6-4-5-7-17(14)19-2/h4-7,15-16,18H,3,8-13H2,1-2H3. The highest BCUT2D eigenvalue weighted by Gasteiger charge is 2.21. The van der Waals surface area contributed by atoms with E-state index in [2.05, 4.69) is 18.3 Å². The van der Waals surface area contributed by atoms with E-state index in [1.807, 2.05) is 18.2 Å². The molecule has 2 rings (SSSR count).